The summed E-state index contributed by atoms with van der Waals surface area (Å²) in [5.41, 5.74) is 1.79. The van der Waals surface area contributed by atoms with E-state index in [1.54, 1.807) is 0 Å². The lowest BCUT2D eigenvalue weighted by molar-refractivity contribution is -0.119. The molecule has 0 saturated carbocycles. The molecule has 0 radical (unpaired) electrons. The molecule has 0 aliphatic carbocycles. The Hall–Kier alpha value is -1.93. The van der Waals surface area contributed by atoms with E-state index in [-0.39, 0.29) is 17.4 Å². The lowest BCUT2D eigenvalue weighted by atomic mass is 10.1. The molecule has 1 saturated heterocycles. The maximum absolute atomic E-state index is 12.5. The smallest absolute Gasteiger partial charge is 0.230 e. The maximum atomic E-state index is 12.5. The lowest BCUT2D eigenvalue weighted by Crippen LogP contribution is -2.29. The number of fused-ring (bicyclic) bond motifs is 1. The number of para-hydroxylation sites is 2. The number of nitrogens with one attached hydrogen (secondary N) is 1. The SMILES string of the molecule is CCN(CC)CCn1c(NC(=O)C2CCS(=O)(=O)C2)nc2ccccc21. The number of benzene rings is 1. The second-order valence-corrected chi connectivity index (χ2v) is 8.92. The summed E-state index contributed by atoms with van der Waals surface area (Å²) in [5, 5.41) is 2.87. The van der Waals surface area contributed by atoms with Gasteiger partial charge in [0.25, 0.3) is 0 Å². The summed E-state index contributed by atoms with van der Waals surface area (Å²) in [6, 6.07) is 7.77. The highest BCUT2D eigenvalue weighted by Crippen LogP contribution is 2.23. The maximum Gasteiger partial charge on any atom is 0.230 e. The molecule has 1 aliphatic heterocycles. The molecule has 1 atom stereocenters. The Kier molecular flexibility index (Phi) is 5.62. The minimum atomic E-state index is -3.09. The number of aromatic nitrogens is 2. The molecule has 1 aromatic carbocycles. The van der Waals surface area contributed by atoms with E-state index >= 15 is 0 Å². The number of likely N-dealkylation sites (N-methyl/N-ethyl adjacent to an activating group) is 1. The van der Waals surface area contributed by atoms with Crippen LogP contribution in [-0.4, -0.2) is 59.9 Å². The topological polar surface area (TPSA) is 84.3 Å². The number of nitrogens with zero attached hydrogens (tertiary/aromatic N) is 3. The van der Waals surface area contributed by atoms with Gasteiger partial charge in [-0.2, -0.15) is 0 Å². The van der Waals surface area contributed by atoms with Crippen LogP contribution in [0.2, 0.25) is 0 Å². The number of hydrogen-bond acceptors (Lipinski definition) is 5. The predicted molar refractivity (Wildman–Crippen MR) is 103 cm³/mol. The Morgan fingerprint density at radius 1 is 1.31 bits per heavy atom. The molecule has 1 amide bonds. The fraction of sp³-hybridized carbons (Fsp3) is 0.556. The molecule has 1 aromatic heterocycles. The molecular formula is C18H26N4O3S. The summed E-state index contributed by atoms with van der Waals surface area (Å²) >= 11 is 0. The van der Waals surface area contributed by atoms with Gasteiger partial charge in [0.2, 0.25) is 11.9 Å². The van der Waals surface area contributed by atoms with Crippen LogP contribution in [0.4, 0.5) is 5.95 Å². The summed E-state index contributed by atoms with van der Waals surface area (Å²) in [7, 11) is -3.09. The van der Waals surface area contributed by atoms with Crippen LogP contribution in [0.3, 0.4) is 0 Å². The van der Waals surface area contributed by atoms with Gasteiger partial charge in [0.05, 0.1) is 28.5 Å². The molecule has 1 unspecified atom stereocenters. The van der Waals surface area contributed by atoms with Crippen molar-refractivity contribution in [3.05, 3.63) is 24.3 Å². The first kappa shape index (κ1) is 18.8. The molecule has 1 N–H and O–H groups in total. The summed E-state index contributed by atoms with van der Waals surface area (Å²) < 4.78 is 25.3. The van der Waals surface area contributed by atoms with Gasteiger partial charge in [0.1, 0.15) is 0 Å². The quantitative estimate of drug-likeness (QED) is 0.793. The summed E-state index contributed by atoms with van der Waals surface area (Å²) in [6.07, 6.45) is 0.383. The van der Waals surface area contributed by atoms with Crippen molar-refractivity contribution in [3.8, 4) is 0 Å². The van der Waals surface area contributed by atoms with Crippen LogP contribution in [-0.2, 0) is 21.2 Å². The second kappa shape index (κ2) is 7.75. The molecule has 142 valence electrons. The number of carbonyl (C=O) groups is 1. The van der Waals surface area contributed by atoms with Crippen molar-refractivity contribution in [3.63, 3.8) is 0 Å². The largest absolute Gasteiger partial charge is 0.309 e. The van der Waals surface area contributed by atoms with Gasteiger partial charge in [-0.25, -0.2) is 13.4 Å². The third-order valence-electron chi connectivity index (χ3n) is 5.03. The number of sulfone groups is 1. The number of amides is 1. The van der Waals surface area contributed by atoms with E-state index in [9.17, 15) is 13.2 Å². The summed E-state index contributed by atoms with van der Waals surface area (Å²) in [5.74, 6) is -0.240. The minimum Gasteiger partial charge on any atom is -0.309 e. The zero-order chi connectivity index (χ0) is 18.7. The normalized spacial score (nSPS) is 19.3. The Bertz CT molecular complexity index is 887. The molecule has 1 aliphatic rings. The van der Waals surface area contributed by atoms with E-state index in [1.165, 1.54) is 0 Å². The zero-order valence-electron chi connectivity index (χ0n) is 15.3. The highest BCUT2D eigenvalue weighted by Gasteiger charge is 2.33. The van der Waals surface area contributed by atoms with Gasteiger partial charge in [-0.1, -0.05) is 26.0 Å². The molecule has 2 heterocycles. The molecular weight excluding hydrogens is 352 g/mol. The molecule has 0 spiro atoms. The second-order valence-electron chi connectivity index (χ2n) is 6.69. The molecule has 0 bridgehead atoms. The monoisotopic (exact) mass is 378 g/mol. The number of hydrogen-bond donors (Lipinski definition) is 1. The summed E-state index contributed by atoms with van der Waals surface area (Å²) in [4.78, 5) is 19.4. The highest BCUT2D eigenvalue weighted by atomic mass is 32.2. The molecule has 1 fully saturated rings. The van der Waals surface area contributed by atoms with Crippen molar-refractivity contribution in [1.29, 1.82) is 0 Å². The fourth-order valence-electron chi connectivity index (χ4n) is 3.39. The first-order valence-electron chi connectivity index (χ1n) is 9.12. The number of imidazole rings is 1. The fourth-order valence-corrected chi connectivity index (χ4v) is 5.13. The van der Waals surface area contributed by atoms with Gasteiger partial charge in [0, 0.05) is 13.1 Å². The van der Waals surface area contributed by atoms with Gasteiger partial charge in [-0.15, -0.1) is 0 Å². The Morgan fingerprint density at radius 3 is 2.69 bits per heavy atom. The van der Waals surface area contributed by atoms with E-state index in [1.807, 2.05) is 28.8 Å². The standard InChI is InChI=1S/C18H26N4O3S/c1-3-21(4-2)10-11-22-16-8-6-5-7-15(16)19-18(22)20-17(23)14-9-12-26(24,25)13-14/h5-8,14H,3-4,9-13H2,1-2H3,(H,19,20,23). The van der Waals surface area contributed by atoms with Gasteiger partial charge in [0.15, 0.2) is 9.84 Å². The van der Waals surface area contributed by atoms with Gasteiger partial charge in [-0.05, 0) is 31.6 Å². The molecule has 7 nitrogen and oxygen atoms in total. The van der Waals surface area contributed by atoms with Crippen molar-refractivity contribution in [2.75, 3.05) is 36.5 Å². The van der Waals surface area contributed by atoms with Crippen LogP contribution < -0.4 is 5.32 Å². The molecule has 8 heteroatoms. The van der Waals surface area contributed by atoms with Gasteiger partial charge in [-0.3, -0.25) is 10.1 Å². The average Bonchev–Trinajstić information content (AvgIpc) is 3.15. The first-order chi connectivity index (χ1) is 12.4. The minimum absolute atomic E-state index is 0.0709. The van der Waals surface area contributed by atoms with Crippen molar-refractivity contribution in [2.45, 2.75) is 26.8 Å². The third kappa shape index (κ3) is 4.07. The van der Waals surface area contributed by atoms with Crippen LogP contribution in [0.25, 0.3) is 11.0 Å². The van der Waals surface area contributed by atoms with E-state index < -0.39 is 15.8 Å². The van der Waals surface area contributed by atoms with E-state index in [0.717, 1.165) is 30.7 Å². The highest BCUT2D eigenvalue weighted by molar-refractivity contribution is 7.91. The molecule has 26 heavy (non-hydrogen) atoms. The third-order valence-corrected chi connectivity index (χ3v) is 6.79. The lowest BCUT2D eigenvalue weighted by Gasteiger charge is -2.19. The van der Waals surface area contributed by atoms with Crippen LogP contribution in [0.1, 0.15) is 20.3 Å². The molecule has 2 aromatic rings. The van der Waals surface area contributed by atoms with Crippen LogP contribution in [0.5, 0.6) is 0 Å². The van der Waals surface area contributed by atoms with Crippen molar-refractivity contribution in [2.24, 2.45) is 5.92 Å². The molecule has 3 rings (SSSR count). The number of anilines is 1. The Balaban J connectivity index is 1.82. The van der Waals surface area contributed by atoms with Crippen LogP contribution in [0, 0.1) is 5.92 Å². The zero-order valence-corrected chi connectivity index (χ0v) is 16.1. The van der Waals surface area contributed by atoms with Gasteiger partial charge < -0.3 is 9.47 Å². The van der Waals surface area contributed by atoms with E-state index in [0.29, 0.717) is 18.9 Å². The van der Waals surface area contributed by atoms with Crippen molar-refractivity contribution in [1.82, 2.24) is 14.5 Å². The van der Waals surface area contributed by atoms with E-state index in [2.05, 4.69) is 29.0 Å². The van der Waals surface area contributed by atoms with Crippen molar-refractivity contribution >= 4 is 32.7 Å². The number of rotatable bonds is 7. The first-order valence-corrected chi connectivity index (χ1v) is 10.9. The Labute approximate surface area is 154 Å². The number of carbonyl (C=O) groups excluding carboxylic acids is 1. The Morgan fingerprint density at radius 2 is 2.04 bits per heavy atom. The van der Waals surface area contributed by atoms with Crippen molar-refractivity contribution < 1.29 is 13.2 Å². The van der Waals surface area contributed by atoms with Gasteiger partial charge >= 0.3 is 0 Å². The van der Waals surface area contributed by atoms with Crippen LogP contribution in [0.15, 0.2) is 24.3 Å². The summed E-state index contributed by atoms with van der Waals surface area (Å²) in [6.45, 7) is 7.74. The predicted octanol–water partition coefficient (Wildman–Crippen LogP) is 1.75. The average molecular weight is 378 g/mol. The van der Waals surface area contributed by atoms with Crippen LogP contribution >= 0.6 is 0 Å². The van der Waals surface area contributed by atoms with E-state index in [4.69, 9.17) is 0 Å².